The number of methoxy groups -OCH3 is 3. The Labute approximate surface area is 147 Å². The number of thiocarbonyl (C=S) groups is 1. The monoisotopic (exact) mass is 350 g/mol. The third kappa shape index (κ3) is 3.62. The van der Waals surface area contributed by atoms with Crippen LogP contribution >= 0.6 is 12.2 Å². The molecule has 7 heteroatoms. The van der Waals surface area contributed by atoms with E-state index >= 15 is 0 Å². The summed E-state index contributed by atoms with van der Waals surface area (Å²) in [5.74, 6) is 1.44. The van der Waals surface area contributed by atoms with Gasteiger partial charge in [0.15, 0.2) is 16.6 Å². The number of rotatable bonds is 7. The molecule has 1 amide bonds. The van der Waals surface area contributed by atoms with E-state index in [0.717, 1.165) is 18.4 Å². The van der Waals surface area contributed by atoms with E-state index in [1.54, 1.807) is 44.4 Å². The molecule has 24 heavy (non-hydrogen) atoms. The lowest BCUT2D eigenvalue weighted by Gasteiger charge is -2.13. The zero-order valence-corrected chi connectivity index (χ0v) is 15.2. The Bertz CT molecular complexity index is 648. The molecule has 130 valence electrons. The fourth-order valence-corrected chi connectivity index (χ4v) is 2.73. The Balaban J connectivity index is 2.34. The molecule has 1 aromatic carbocycles. The van der Waals surface area contributed by atoms with E-state index in [2.05, 4.69) is 12.2 Å². The normalized spacial score (nSPS) is 15.7. The van der Waals surface area contributed by atoms with E-state index in [1.807, 2.05) is 0 Å². The summed E-state index contributed by atoms with van der Waals surface area (Å²) in [6.07, 6.45) is 3.63. The highest BCUT2D eigenvalue weighted by Gasteiger charge is 2.30. The smallest absolute Gasteiger partial charge is 0.276 e. The molecule has 6 nitrogen and oxygen atoms in total. The highest BCUT2D eigenvalue weighted by Crippen LogP contribution is 2.38. The van der Waals surface area contributed by atoms with Crippen LogP contribution in [-0.4, -0.2) is 43.8 Å². The lowest BCUT2D eigenvalue weighted by Crippen LogP contribution is -2.31. The predicted molar refractivity (Wildman–Crippen MR) is 96.4 cm³/mol. The van der Waals surface area contributed by atoms with Gasteiger partial charge in [0, 0.05) is 6.54 Å². The van der Waals surface area contributed by atoms with Crippen LogP contribution in [0.5, 0.6) is 17.2 Å². The van der Waals surface area contributed by atoms with Gasteiger partial charge in [-0.1, -0.05) is 13.3 Å². The molecule has 1 aliphatic rings. The quantitative estimate of drug-likeness (QED) is 0.602. The van der Waals surface area contributed by atoms with Gasteiger partial charge < -0.3 is 19.5 Å². The van der Waals surface area contributed by atoms with E-state index in [1.165, 1.54) is 0 Å². The molecule has 1 N–H and O–H groups in total. The van der Waals surface area contributed by atoms with Gasteiger partial charge in [-0.3, -0.25) is 9.69 Å². The molecule has 1 saturated heterocycles. The van der Waals surface area contributed by atoms with Crippen molar-refractivity contribution in [2.45, 2.75) is 19.8 Å². The molecule has 0 aromatic heterocycles. The van der Waals surface area contributed by atoms with Gasteiger partial charge in [0.1, 0.15) is 5.70 Å². The number of carbonyl (C=O) groups is 1. The van der Waals surface area contributed by atoms with E-state index < -0.39 is 0 Å². The molecule has 0 spiro atoms. The van der Waals surface area contributed by atoms with Gasteiger partial charge in [0.2, 0.25) is 5.75 Å². The molecular formula is C17H22N2O4S. The third-order valence-electron chi connectivity index (χ3n) is 3.70. The average molecular weight is 350 g/mol. The van der Waals surface area contributed by atoms with Gasteiger partial charge in [-0.15, -0.1) is 0 Å². The number of hydrogen-bond acceptors (Lipinski definition) is 5. The first-order chi connectivity index (χ1) is 11.5. The minimum atomic E-state index is -0.123. The van der Waals surface area contributed by atoms with Crippen LogP contribution in [-0.2, 0) is 4.79 Å². The Morgan fingerprint density at radius 3 is 2.29 bits per heavy atom. The number of unbranched alkanes of at least 4 members (excludes halogenated alkanes) is 1. The number of nitrogens with zero attached hydrogens (tertiary/aromatic N) is 1. The van der Waals surface area contributed by atoms with E-state index in [0.29, 0.717) is 34.6 Å². The van der Waals surface area contributed by atoms with Crippen molar-refractivity contribution in [2.24, 2.45) is 0 Å². The fraction of sp³-hybridized carbons (Fsp3) is 0.412. The second-order valence-electron chi connectivity index (χ2n) is 5.26. The summed E-state index contributed by atoms with van der Waals surface area (Å²) in [4.78, 5) is 14.1. The Kier molecular flexibility index (Phi) is 6.03. The van der Waals surface area contributed by atoms with Gasteiger partial charge in [-0.25, -0.2) is 0 Å². The lowest BCUT2D eigenvalue weighted by atomic mass is 10.1. The highest BCUT2D eigenvalue weighted by atomic mass is 32.1. The van der Waals surface area contributed by atoms with Crippen LogP contribution in [0, 0.1) is 0 Å². The number of hydrogen-bond donors (Lipinski definition) is 1. The van der Waals surface area contributed by atoms with E-state index in [4.69, 9.17) is 26.4 Å². The molecule has 2 rings (SSSR count). The standard InChI is InChI=1S/C17H22N2O4S/c1-5-6-7-19-16(20)12(18-17(19)24)8-11-9-13(21-2)15(23-4)14(10-11)22-3/h8-10H,5-7H2,1-4H3,(H,18,24)/b12-8+. The Hall–Kier alpha value is -2.28. The van der Waals surface area contributed by atoms with Gasteiger partial charge in [0.25, 0.3) is 5.91 Å². The van der Waals surface area contributed by atoms with Crippen molar-refractivity contribution in [2.75, 3.05) is 27.9 Å². The first kappa shape index (κ1) is 18.1. The van der Waals surface area contributed by atoms with Crippen LogP contribution in [0.2, 0.25) is 0 Å². The summed E-state index contributed by atoms with van der Waals surface area (Å²) in [7, 11) is 4.65. The molecule has 1 aliphatic heterocycles. The largest absolute Gasteiger partial charge is 0.493 e. The number of amides is 1. The SMILES string of the molecule is CCCCN1C(=O)/C(=C\c2cc(OC)c(OC)c(OC)c2)NC1=S. The average Bonchev–Trinajstić information content (AvgIpc) is 2.85. The van der Waals surface area contributed by atoms with Crippen LogP contribution in [0.4, 0.5) is 0 Å². The first-order valence-corrected chi connectivity index (χ1v) is 8.11. The molecule has 0 aliphatic carbocycles. The molecule has 0 radical (unpaired) electrons. The third-order valence-corrected chi connectivity index (χ3v) is 4.02. The van der Waals surface area contributed by atoms with Crippen LogP contribution in [0.25, 0.3) is 6.08 Å². The van der Waals surface area contributed by atoms with Gasteiger partial charge in [-0.2, -0.15) is 0 Å². The van der Waals surface area contributed by atoms with Crippen molar-refractivity contribution in [3.63, 3.8) is 0 Å². The molecule has 0 atom stereocenters. The van der Waals surface area contributed by atoms with Crippen LogP contribution in [0.1, 0.15) is 25.3 Å². The minimum Gasteiger partial charge on any atom is -0.493 e. The van der Waals surface area contributed by atoms with Crippen molar-refractivity contribution in [3.05, 3.63) is 23.4 Å². The fourth-order valence-electron chi connectivity index (χ4n) is 2.44. The highest BCUT2D eigenvalue weighted by molar-refractivity contribution is 7.80. The summed E-state index contributed by atoms with van der Waals surface area (Å²) in [6.45, 7) is 2.69. The molecular weight excluding hydrogens is 328 g/mol. The van der Waals surface area contributed by atoms with Gasteiger partial charge in [0.05, 0.1) is 21.3 Å². The molecule has 0 saturated carbocycles. The summed E-state index contributed by atoms with van der Waals surface area (Å²) in [5.41, 5.74) is 1.19. The maximum absolute atomic E-state index is 12.5. The van der Waals surface area contributed by atoms with Crippen LogP contribution in [0.3, 0.4) is 0 Å². The summed E-state index contributed by atoms with van der Waals surface area (Å²) >= 11 is 5.24. The maximum Gasteiger partial charge on any atom is 0.276 e. The lowest BCUT2D eigenvalue weighted by molar-refractivity contribution is -0.122. The van der Waals surface area contributed by atoms with E-state index in [-0.39, 0.29) is 5.91 Å². The Morgan fingerprint density at radius 2 is 1.79 bits per heavy atom. The first-order valence-electron chi connectivity index (χ1n) is 7.70. The molecule has 1 heterocycles. The van der Waals surface area contributed by atoms with Crippen molar-refractivity contribution in [1.29, 1.82) is 0 Å². The molecule has 0 bridgehead atoms. The minimum absolute atomic E-state index is 0.123. The number of ether oxygens (including phenoxy) is 3. The predicted octanol–water partition coefficient (Wildman–Crippen LogP) is 2.57. The van der Waals surface area contributed by atoms with Gasteiger partial charge in [-0.05, 0) is 42.4 Å². The topological polar surface area (TPSA) is 60.0 Å². The molecule has 1 fully saturated rings. The van der Waals surface area contributed by atoms with E-state index in [9.17, 15) is 4.79 Å². The summed E-state index contributed by atoms with van der Waals surface area (Å²) < 4.78 is 16.0. The van der Waals surface area contributed by atoms with Gasteiger partial charge >= 0.3 is 0 Å². The zero-order chi connectivity index (χ0) is 17.7. The second-order valence-corrected chi connectivity index (χ2v) is 5.64. The zero-order valence-electron chi connectivity index (χ0n) is 14.3. The van der Waals surface area contributed by atoms with Crippen molar-refractivity contribution < 1.29 is 19.0 Å². The van der Waals surface area contributed by atoms with Crippen LogP contribution < -0.4 is 19.5 Å². The number of nitrogens with one attached hydrogen (secondary N) is 1. The number of benzene rings is 1. The summed E-state index contributed by atoms with van der Waals surface area (Å²) in [6, 6.07) is 3.56. The Morgan fingerprint density at radius 1 is 1.17 bits per heavy atom. The van der Waals surface area contributed by atoms with Crippen molar-refractivity contribution in [3.8, 4) is 17.2 Å². The van der Waals surface area contributed by atoms with Crippen LogP contribution in [0.15, 0.2) is 17.8 Å². The maximum atomic E-state index is 12.5. The number of carbonyl (C=O) groups excluding carboxylic acids is 1. The van der Waals surface area contributed by atoms with Crippen molar-refractivity contribution >= 4 is 29.3 Å². The second kappa shape index (κ2) is 8.01. The molecule has 0 unspecified atom stereocenters. The van der Waals surface area contributed by atoms with Crippen molar-refractivity contribution in [1.82, 2.24) is 10.2 Å². The summed E-state index contributed by atoms with van der Waals surface area (Å²) in [5, 5.41) is 3.41. The molecule has 1 aromatic rings.